The largest absolute Gasteiger partial charge is 0.396 e. The monoisotopic (exact) mass is 232 g/mol. The van der Waals surface area contributed by atoms with Crippen molar-refractivity contribution in [2.45, 2.75) is 37.6 Å². The van der Waals surface area contributed by atoms with Crippen molar-refractivity contribution >= 4 is 11.8 Å². The molecule has 0 aromatic carbocycles. The molecular formula is C11H24N2OS. The highest BCUT2D eigenvalue weighted by molar-refractivity contribution is 7.99. The fraction of sp³-hybridized carbons (Fsp3) is 1.00. The maximum Gasteiger partial charge on any atom is 0.0431 e. The second-order valence-corrected chi connectivity index (χ2v) is 5.46. The molecular weight excluding hydrogens is 208 g/mol. The van der Waals surface area contributed by atoms with Crippen molar-refractivity contribution in [1.29, 1.82) is 0 Å². The Morgan fingerprint density at radius 1 is 1.33 bits per heavy atom. The average molecular weight is 232 g/mol. The third-order valence-electron chi connectivity index (χ3n) is 3.05. The summed E-state index contributed by atoms with van der Waals surface area (Å²) in [5.41, 5.74) is 6.06. The van der Waals surface area contributed by atoms with Crippen molar-refractivity contribution in [3.05, 3.63) is 0 Å². The van der Waals surface area contributed by atoms with Crippen molar-refractivity contribution < 1.29 is 5.11 Å². The predicted molar refractivity (Wildman–Crippen MR) is 67.3 cm³/mol. The number of nitrogens with two attached hydrogens (primary N) is 1. The molecule has 0 aromatic rings. The number of hydrogen-bond donors (Lipinski definition) is 3. The number of rotatable bonds is 7. The maximum absolute atomic E-state index is 8.67. The van der Waals surface area contributed by atoms with E-state index in [9.17, 15) is 0 Å². The number of aliphatic hydroxyl groups is 1. The van der Waals surface area contributed by atoms with Crippen LogP contribution >= 0.6 is 11.8 Å². The lowest BCUT2D eigenvalue weighted by atomic mass is 9.95. The van der Waals surface area contributed by atoms with Gasteiger partial charge in [-0.2, -0.15) is 11.8 Å². The Kier molecular flexibility index (Phi) is 6.64. The van der Waals surface area contributed by atoms with E-state index in [0.717, 1.165) is 38.1 Å². The van der Waals surface area contributed by atoms with Gasteiger partial charge in [0.15, 0.2) is 0 Å². The Morgan fingerprint density at radius 3 is 2.80 bits per heavy atom. The van der Waals surface area contributed by atoms with Crippen LogP contribution in [0.5, 0.6) is 0 Å². The molecule has 15 heavy (non-hydrogen) atoms. The molecule has 1 rings (SSSR count). The summed E-state index contributed by atoms with van der Waals surface area (Å²) in [6.07, 6.45) is 5.68. The van der Waals surface area contributed by atoms with Gasteiger partial charge < -0.3 is 16.2 Å². The first kappa shape index (κ1) is 13.3. The van der Waals surface area contributed by atoms with Crippen molar-refractivity contribution in [1.82, 2.24) is 5.32 Å². The summed E-state index contributed by atoms with van der Waals surface area (Å²) >= 11 is 2.01. The van der Waals surface area contributed by atoms with E-state index in [2.05, 4.69) is 5.32 Å². The van der Waals surface area contributed by atoms with Gasteiger partial charge in [-0.05, 0) is 44.4 Å². The highest BCUT2D eigenvalue weighted by Crippen LogP contribution is 2.25. The van der Waals surface area contributed by atoms with Crippen LogP contribution in [0.4, 0.5) is 0 Å². The van der Waals surface area contributed by atoms with E-state index in [-0.39, 0.29) is 5.54 Å². The first-order chi connectivity index (χ1) is 7.33. The van der Waals surface area contributed by atoms with Gasteiger partial charge in [-0.3, -0.25) is 0 Å². The summed E-state index contributed by atoms with van der Waals surface area (Å²) in [6.45, 7) is 2.11. The zero-order valence-corrected chi connectivity index (χ0v) is 10.3. The molecule has 0 spiro atoms. The van der Waals surface area contributed by atoms with Crippen molar-refractivity contribution in [3.8, 4) is 0 Å². The minimum absolute atomic E-state index is 0.197. The molecule has 0 aromatic heterocycles. The first-order valence-corrected chi connectivity index (χ1v) is 7.12. The van der Waals surface area contributed by atoms with Crippen molar-refractivity contribution in [2.24, 2.45) is 5.73 Å². The van der Waals surface area contributed by atoms with E-state index < -0.39 is 0 Å². The highest BCUT2D eigenvalue weighted by atomic mass is 32.2. The summed E-state index contributed by atoms with van der Waals surface area (Å²) in [6, 6.07) is 0. The van der Waals surface area contributed by atoms with E-state index in [4.69, 9.17) is 10.8 Å². The first-order valence-electron chi connectivity index (χ1n) is 5.97. The molecule has 3 nitrogen and oxygen atoms in total. The van der Waals surface area contributed by atoms with Crippen LogP contribution < -0.4 is 11.1 Å². The lowest BCUT2D eigenvalue weighted by Gasteiger charge is -2.37. The quantitative estimate of drug-likeness (QED) is 0.572. The molecule has 1 aliphatic heterocycles. The Bertz CT molecular complexity index is 161. The molecule has 4 N–H and O–H groups in total. The smallest absolute Gasteiger partial charge is 0.0431 e. The van der Waals surface area contributed by atoms with Crippen molar-refractivity contribution in [3.63, 3.8) is 0 Å². The van der Waals surface area contributed by atoms with Gasteiger partial charge in [-0.15, -0.1) is 0 Å². The van der Waals surface area contributed by atoms with Gasteiger partial charge in [0.2, 0.25) is 0 Å². The van der Waals surface area contributed by atoms with Crippen LogP contribution in [0.2, 0.25) is 0 Å². The molecule has 0 bridgehead atoms. The van der Waals surface area contributed by atoms with E-state index >= 15 is 0 Å². The fourth-order valence-electron chi connectivity index (χ4n) is 1.99. The van der Waals surface area contributed by atoms with E-state index in [0.29, 0.717) is 6.61 Å². The molecule has 1 unspecified atom stereocenters. The highest BCUT2D eigenvalue weighted by Gasteiger charge is 2.29. The second kappa shape index (κ2) is 7.49. The maximum atomic E-state index is 8.67. The SMILES string of the molecule is NCC1(NCCCCCO)CCCSC1. The Balaban J connectivity index is 2.15. The number of unbranched alkanes of at least 4 members (excludes halogenated alkanes) is 2. The summed E-state index contributed by atoms with van der Waals surface area (Å²) in [4.78, 5) is 0. The number of thioether (sulfide) groups is 1. The van der Waals surface area contributed by atoms with Crippen LogP contribution in [0.3, 0.4) is 0 Å². The fourth-order valence-corrected chi connectivity index (χ4v) is 3.24. The lowest BCUT2D eigenvalue weighted by Crippen LogP contribution is -2.55. The normalized spacial score (nSPS) is 26.8. The number of nitrogens with one attached hydrogen (secondary N) is 1. The van der Waals surface area contributed by atoms with E-state index in [1.54, 1.807) is 0 Å². The second-order valence-electron chi connectivity index (χ2n) is 4.35. The summed E-state index contributed by atoms with van der Waals surface area (Å²) in [5, 5.41) is 12.3. The minimum atomic E-state index is 0.197. The van der Waals surface area contributed by atoms with Crippen LogP contribution in [0, 0.1) is 0 Å². The molecule has 90 valence electrons. The molecule has 1 heterocycles. The average Bonchev–Trinajstić information content (AvgIpc) is 2.30. The van der Waals surface area contributed by atoms with Gasteiger partial charge in [-0.25, -0.2) is 0 Å². The van der Waals surface area contributed by atoms with Gasteiger partial charge in [0.05, 0.1) is 0 Å². The van der Waals surface area contributed by atoms with Crippen LogP contribution in [0.1, 0.15) is 32.1 Å². The Hall–Kier alpha value is 0.230. The number of aliphatic hydroxyl groups excluding tert-OH is 1. The third kappa shape index (κ3) is 4.72. The minimum Gasteiger partial charge on any atom is -0.396 e. The Morgan fingerprint density at radius 2 is 2.20 bits per heavy atom. The summed E-state index contributed by atoms with van der Waals surface area (Å²) in [7, 11) is 0. The molecule has 4 heteroatoms. The van der Waals surface area contributed by atoms with Gasteiger partial charge in [0, 0.05) is 24.4 Å². The molecule has 0 radical (unpaired) electrons. The van der Waals surface area contributed by atoms with Crippen LogP contribution in [0.15, 0.2) is 0 Å². The zero-order valence-electron chi connectivity index (χ0n) is 9.50. The van der Waals surface area contributed by atoms with Crippen molar-refractivity contribution in [2.75, 3.05) is 31.2 Å². The summed E-state index contributed by atoms with van der Waals surface area (Å²) in [5.74, 6) is 2.44. The molecule has 1 saturated heterocycles. The van der Waals surface area contributed by atoms with Gasteiger partial charge in [-0.1, -0.05) is 0 Å². The molecule has 1 aliphatic rings. The molecule has 0 saturated carbocycles. The molecule has 1 fully saturated rings. The molecule has 0 aliphatic carbocycles. The summed E-state index contributed by atoms with van der Waals surface area (Å²) < 4.78 is 0. The Labute approximate surface area is 97.2 Å². The third-order valence-corrected chi connectivity index (χ3v) is 4.38. The molecule has 1 atom stereocenters. The van der Waals surface area contributed by atoms with Crippen LogP contribution in [-0.2, 0) is 0 Å². The topological polar surface area (TPSA) is 58.3 Å². The molecule has 0 amide bonds. The van der Waals surface area contributed by atoms with Crippen LogP contribution in [0.25, 0.3) is 0 Å². The van der Waals surface area contributed by atoms with Crippen LogP contribution in [-0.4, -0.2) is 41.8 Å². The van der Waals surface area contributed by atoms with Gasteiger partial charge in [0.25, 0.3) is 0 Å². The van der Waals surface area contributed by atoms with Gasteiger partial charge >= 0.3 is 0 Å². The number of hydrogen-bond acceptors (Lipinski definition) is 4. The standard InChI is InChI=1S/C11H24N2OS/c12-9-11(5-4-8-15-10-11)13-6-2-1-3-7-14/h13-14H,1-10,12H2. The van der Waals surface area contributed by atoms with E-state index in [1.807, 2.05) is 11.8 Å². The van der Waals surface area contributed by atoms with Gasteiger partial charge in [0.1, 0.15) is 0 Å². The predicted octanol–water partition coefficient (Wildman–Crippen LogP) is 0.963. The zero-order chi connectivity index (χ0) is 11.0. The van der Waals surface area contributed by atoms with E-state index in [1.165, 1.54) is 18.6 Å². The lowest BCUT2D eigenvalue weighted by molar-refractivity contribution is 0.279.